The molecule has 0 saturated carbocycles. The third-order valence-electron chi connectivity index (χ3n) is 2.33. The Morgan fingerprint density at radius 2 is 2.11 bits per heavy atom. The van der Waals surface area contributed by atoms with Gasteiger partial charge < -0.3 is 14.2 Å². The lowest BCUT2D eigenvalue weighted by Crippen LogP contribution is -2.26. The molecule has 0 spiro atoms. The van der Waals surface area contributed by atoms with Gasteiger partial charge in [0, 0.05) is 10.0 Å². The molecule has 0 aliphatic rings. The van der Waals surface area contributed by atoms with Crippen LogP contribution in [0.15, 0.2) is 16.6 Å². The summed E-state index contributed by atoms with van der Waals surface area (Å²) < 4.78 is 16.0. The van der Waals surface area contributed by atoms with Crippen molar-refractivity contribution < 1.29 is 23.8 Å². The van der Waals surface area contributed by atoms with Crippen LogP contribution < -0.4 is 9.47 Å². The van der Waals surface area contributed by atoms with E-state index in [1.807, 2.05) is 0 Å². The number of carbonyl (C=O) groups is 2. The van der Waals surface area contributed by atoms with E-state index in [4.69, 9.17) is 14.2 Å². The molecule has 0 aliphatic heterocycles. The van der Waals surface area contributed by atoms with Crippen molar-refractivity contribution in [3.63, 3.8) is 0 Å². The van der Waals surface area contributed by atoms with Crippen molar-refractivity contribution in [1.82, 2.24) is 0 Å². The van der Waals surface area contributed by atoms with Crippen molar-refractivity contribution in [2.24, 2.45) is 0 Å². The van der Waals surface area contributed by atoms with Crippen LogP contribution in [-0.4, -0.2) is 32.1 Å². The largest absolute Gasteiger partial charge is 0.493 e. The predicted octanol–water partition coefficient (Wildman–Crippen LogP) is 2.60. The van der Waals surface area contributed by atoms with Gasteiger partial charge >= 0.3 is 5.97 Å². The fourth-order valence-corrected chi connectivity index (χ4v) is 1.81. The molecule has 0 heterocycles. The standard InChI is InChI=1S/C13H15BrO5/c1-4-18-13(16)8(2)19-12-6-10(14)9(7-15)5-11(12)17-3/h5-8H,4H2,1-3H3/t8-/m0/s1. The van der Waals surface area contributed by atoms with Gasteiger partial charge in [0.2, 0.25) is 0 Å². The molecule has 6 heteroatoms. The summed E-state index contributed by atoms with van der Waals surface area (Å²) in [6.45, 7) is 3.59. The lowest BCUT2D eigenvalue weighted by atomic mass is 10.2. The molecule has 0 unspecified atom stereocenters. The van der Waals surface area contributed by atoms with Gasteiger partial charge in [-0.15, -0.1) is 0 Å². The van der Waals surface area contributed by atoms with Gasteiger partial charge in [0.15, 0.2) is 23.9 Å². The summed E-state index contributed by atoms with van der Waals surface area (Å²) in [5.74, 6) is 0.280. The fraction of sp³-hybridized carbons (Fsp3) is 0.385. The maximum atomic E-state index is 11.5. The predicted molar refractivity (Wildman–Crippen MR) is 72.8 cm³/mol. The molecule has 104 valence electrons. The van der Waals surface area contributed by atoms with Crippen LogP contribution in [-0.2, 0) is 9.53 Å². The maximum Gasteiger partial charge on any atom is 0.347 e. The molecule has 1 rings (SSSR count). The molecule has 19 heavy (non-hydrogen) atoms. The second-order valence-corrected chi connectivity index (χ2v) is 4.51. The van der Waals surface area contributed by atoms with Crippen molar-refractivity contribution in [3.05, 3.63) is 22.2 Å². The minimum absolute atomic E-state index is 0.289. The summed E-state index contributed by atoms with van der Waals surface area (Å²) in [6.07, 6.45) is -0.0617. The zero-order chi connectivity index (χ0) is 14.4. The van der Waals surface area contributed by atoms with Crippen LogP contribution >= 0.6 is 15.9 Å². The van der Waals surface area contributed by atoms with E-state index in [0.29, 0.717) is 27.8 Å². The highest BCUT2D eigenvalue weighted by molar-refractivity contribution is 9.10. The quantitative estimate of drug-likeness (QED) is 0.592. The van der Waals surface area contributed by atoms with Gasteiger partial charge in [-0.2, -0.15) is 0 Å². The first-order valence-electron chi connectivity index (χ1n) is 5.69. The third-order valence-corrected chi connectivity index (χ3v) is 3.02. The Morgan fingerprint density at radius 3 is 2.63 bits per heavy atom. The summed E-state index contributed by atoms with van der Waals surface area (Å²) in [6, 6.07) is 3.11. The molecule has 0 saturated heterocycles. The van der Waals surface area contributed by atoms with E-state index >= 15 is 0 Å². The average molecular weight is 331 g/mol. The van der Waals surface area contributed by atoms with E-state index in [2.05, 4.69) is 15.9 Å². The van der Waals surface area contributed by atoms with E-state index in [-0.39, 0.29) is 6.61 Å². The Labute approximate surface area is 120 Å². The van der Waals surface area contributed by atoms with Gasteiger partial charge in [-0.25, -0.2) is 4.79 Å². The highest BCUT2D eigenvalue weighted by Crippen LogP contribution is 2.33. The van der Waals surface area contributed by atoms with E-state index in [0.717, 1.165) is 0 Å². The second kappa shape index (κ2) is 7.13. The number of hydrogen-bond acceptors (Lipinski definition) is 5. The van der Waals surface area contributed by atoms with Crippen LogP contribution in [0, 0.1) is 0 Å². The van der Waals surface area contributed by atoms with Crippen LogP contribution in [0.3, 0.4) is 0 Å². The van der Waals surface area contributed by atoms with Crippen molar-refractivity contribution in [2.75, 3.05) is 13.7 Å². The number of halogens is 1. The van der Waals surface area contributed by atoms with E-state index in [1.165, 1.54) is 13.2 Å². The molecular weight excluding hydrogens is 316 g/mol. The van der Waals surface area contributed by atoms with Crippen molar-refractivity contribution in [2.45, 2.75) is 20.0 Å². The lowest BCUT2D eigenvalue weighted by Gasteiger charge is -2.16. The number of ether oxygens (including phenoxy) is 3. The number of benzene rings is 1. The molecule has 0 aromatic heterocycles. The van der Waals surface area contributed by atoms with Crippen LogP contribution in [0.25, 0.3) is 0 Å². The Balaban J connectivity index is 2.97. The summed E-state index contributed by atoms with van der Waals surface area (Å²) in [5, 5.41) is 0. The van der Waals surface area contributed by atoms with Gasteiger partial charge in [-0.1, -0.05) is 0 Å². The summed E-state index contributed by atoms with van der Waals surface area (Å²) in [7, 11) is 1.46. The smallest absolute Gasteiger partial charge is 0.347 e. The van der Waals surface area contributed by atoms with E-state index < -0.39 is 12.1 Å². The van der Waals surface area contributed by atoms with Crippen LogP contribution in [0.4, 0.5) is 0 Å². The number of aldehydes is 1. The van der Waals surface area contributed by atoms with Gasteiger partial charge in [0.1, 0.15) is 0 Å². The molecule has 0 radical (unpaired) electrons. The molecule has 5 nitrogen and oxygen atoms in total. The van der Waals surface area contributed by atoms with Gasteiger partial charge in [0.05, 0.1) is 13.7 Å². The molecule has 1 aromatic carbocycles. The minimum Gasteiger partial charge on any atom is -0.493 e. The third kappa shape index (κ3) is 3.96. The van der Waals surface area contributed by atoms with Crippen LogP contribution in [0.1, 0.15) is 24.2 Å². The Kier molecular flexibility index (Phi) is 5.82. The molecule has 0 fully saturated rings. The molecular formula is C13H15BrO5. The first-order valence-corrected chi connectivity index (χ1v) is 6.48. The lowest BCUT2D eigenvalue weighted by molar-refractivity contribution is -0.150. The fourth-order valence-electron chi connectivity index (χ4n) is 1.39. The Morgan fingerprint density at radius 1 is 1.42 bits per heavy atom. The second-order valence-electron chi connectivity index (χ2n) is 3.65. The minimum atomic E-state index is -0.761. The normalized spacial score (nSPS) is 11.6. The first-order chi connectivity index (χ1) is 9.03. The Hall–Kier alpha value is -1.56. The number of methoxy groups -OCH3 is 1. The number of esters is 1. The van der Waals surface area contributed by atoms with Gasteiger partial charge in [-0.3, -0.25) is 4.79 Å². The Bertz CT molecular complexity index is 472. The van der Waals surface area contributed by atoms with Crippen LogP contribution in [0.5, 0.6) is 11.5 Å². The zero-order valence-corrected chi connectivity index (χ0v) is 12.5. The van der Waals surface area contributed by atoms with Crippen molar-refractivity contribution in [1.29, 1.82) is 0 Å². The monoisotopic (exact) mass is 330 g/mol. The molecule has 0 aliphatic carbocycles. The first kappa shape index (κ1) is 15.5. The van der Waals surface area contributed by atoms with E-state index in [9.17, 15) is 9.59 Å². The summed E-state index contributed by atoms with van der Waals surface area (Å²) in [5.41, 5.74) is 0.438. The van der Waals surface area contributed by atoms with Crippen LogP contribution in [0.2, 0.25) is 0 Å². The number of carbonyl (C=O) groups excluding carboxylic acids is 2. The molecule has 0 amide bonds. The SMILES string of the molecule is CCOC(=O)[C@H](C)Oc1cc(Br)c(C=O)cc1OC. The molecule has 0 bridgehead atoms. The highest BCUT2D eigenvalue weighted by atomic mass is 79.9. The summed E-state index contributed by atoms with van der Waals surface area (Å²) >= 11 is 3.25. The zero-order valence-electron chi connectivity index (χ0n) is 10.9. The van der Waals surface area contributed by atoms with Gasteiger partial charge in [-0.05, 0) is 41.9 Å². The highest BCUT2D eigenvalue weighted by Gasteiger charge is 2.19. The summed E-state index contributed by atoms with van der Waals surface area (Å²) in [4.78, 5) is 22.3. The maximum absolute atomic E-state index is 11.5. The average Bonchev–Trinajstić information content (AvgIpc) is 2.39. The van der Waals surface area contributed by atoms with E-state index in [1.54, 1.807) is 19.9 Å². The molecule has 1 atom stereocenters. The van der Waals surface area contributed by atoms with Gasteiger partial charge in [0.25, 0.3) is 0 Å². The van der Waals surface area contributed by atoms with Crippen molar-refractivity contribution in [3.8, 4) is 11.5 Å². The molecule has 1 aromatic rings. The molecule has 0 N–H and O–H groups in total. The number of rotatable bonds is 6. The van der Waals surface area contributed by atoms with Crippen molar-refractivity contribution >= 4 is 28.2 Å². The number of hydrogen-bond donors (Lipinski definition) is 0. The topological polar surface area (TPSA) is 61.8 Å².